The maximum atomic E-state index is 4.61. The van der Waals surface area contributed by atoms with Crippen LogP contribution in [0.1, 0.15) is 0 Å². The highest BCUT2D eigenvalue weighted by molar-refractivity contribution is 14.1. The fourth-order valence-electron chi connectivity index (χ4n) is 1.94. The molecule has 0 saturated heterocycles. The highest BCUT2D eigenvalue weighted by Gasteiger charge is 2.11. The number of imidazole rings is 1. The Labute approximate surface area is 138 Å². The molecule has 0 aliphatic rings. The number of halogens is 2. The van der Waals surface area contributed by atoms with Crippen LogP contribution < -0.4 is 4.90 Å². The summed E-state index contributed by atoms with van der Waals surface area (Å²) in [5.41, 5.74) is 2.76. The van der Waals surface area contributed by atoms with Crippen molar-refractivity contribution in [2.45, 2.75) is 0 Å². The number of aromatic nitrogens is 3. The van der Waals surface area contributed by atoms with Gasteiger partial charge < -0.3 is 9.88 Å². The minimum Gasteiger partial charge on any atom is -0.363 e. The van der Waals surface area contributed by atoms with Gasteiger partial charge in [0, 0.05) is 27.7 Å². The molecule has 4 nitrogen and oxygen atoms in total. The average molecular weight is 443 g/mol. The van der Waals surface area contributed by atoms with Crippen molar-refractivity contribution in [2.75, 3.05) is 19.0 Å². The van der Waals surface area contributed by atoms with Crippen molar-refractivity contribution >= 4 is 55.5 Å². The number of nitrogens with one attached hydrogen (secondary N) is 1. The molecule has 102 valence electrons. The molecule has 0 amide bonds. The molecule has 0 spiro atoms. The summed E-state index contributed by atoms with van der Waals surface area (Å²) in [7, 11) is 3.94. The summed E-state index contributed by atoms with van der Waals surface area (Å²) in [6.07, 6.45) is 0. The van der Waals surface area contributed by atoms with Gasteiger partial charge in [-0.15, -0.1) is 0 Å². The quantitative estimate of drug-likeness (QED) is 0.608. The molecule has 1 N–H and O–H groups in total. The summed E-state index contributed by atoms with van der Waals surface area (Å²) < 4.78 is 2.19. The van der Waals surface area contributed by atoms with Crippen molar-refractivity contribution in [3.8, 4) is 11.4 Å². The Morgan fingerprint density at radius 3 is 2.70 bits per heavy atom. The molecule has 0 radical (unpaired) electrons. The predicted molar refractivity (Wildman–Crippen MR) is 94.1 cm³/mol. The van der Waals surface area contributed by atoms with E-state index in [9.17, 15) is 0 Å². The number of H-pyrrole nitrogens is 1. The highest BCUT2D eigenvalue weighted by Crippen LogP contribution is 2.28. The van der Waals surface area contributed by atoms with Crippen molar-refractivity contribution in [3.63, 3.8) is 0 Å². The lowest BCUT2D eigenvalue weighted by molar-refractivity contribution is 1.08. The minimum absolute atomic E-state index is 0.738. The van der Waals surface area contributed by atoms with Gasteiger partial charge >= 0.3 is 0 Å². The second-order valence-corrected chi connectivity index (χ2v) is 6.72. The molecule has 0 bridgehead atoms. The van der Waals surface area contributed by atoms with E-state index in [2.05, 4.69) is 65.6 Å². The number of benzene rings is 1. The second kappa shape index (κ2) is 5.33. The number of aromatic amines is 1. The average Bonchev–Trinajstić information content (AvgIpc) is 2.83. The van der Waals surface area contributed by atoms with Crippen LogP contribution >= 0.6 is 38.5 Å². The van der Waals surface area contributed by atoms with E-state index in [1.54, 1.807) is 0 Å². The molecule has 2 heterocycles. The Morgan fingerprint density at radius 1 is 1.15 bits per heavy atom. The van der Waals surface area contributed by atoms with E-state index >= 15 is 0 Å². The van der Waals surface area contributed by atoms with Gasteiger partial charge in [0.2, 0.25) is 0 Å². The largest absolute Gasteiger partial charge is 0.363 e. The molecule has 0 aliphatic heterocycles. The SMILES string of the molecule is CN(C)c1ccc2[nH]c(-c3cc(Br)ccc3I)nc2n1. The first-order chi connectivity index (χ1) is 9.54. The maximum Gasteiger partial charge on any atom is 0.180 e. The van der Waals surface area contributed by atoms with E-state index < -0.39 is 0 Å². The fourth-order valence-corrected chi connectivity index (χ4v) is 2.89. The molecule has 0 aliphatic carbocycles. The van der Waals surface area contributed by atoms with E-state index in [1.807, 2.05) is 37.2 Å². The number of pyridine rings is 1. The van der Waals surface area contributed by atoms with Crippen molar-refractivity contribution in [2.24, 2.45) is 0 Å². The lowest BCUT2D eigenvalue weighted by Crippen LogP contribution is -2.10. The van der Waals surface area contributed by atoms with E-state index in [0.717, 1.165) is 36.4 Å². The first kappa shape index (κ1) is 13.8. The molecular weight excluding hydrogens is 431 g/mol. The first-order valence-corrected chi connectivity index (χ1v) is 7.91. The fraction of sp³-hybridized carbons (Fsp3) is 0.143. The van der Waals surface area contributed by atoms with E-state index in [-0.39, 0.29) is 0 Å². The highest BCUT2D eigenvalue weighted by atomic mass is 127. The van der Waals surface area contributed by atoms with Crippen LogP contribution in [0, 0.1) is 3.57 Å². The first-order valence-electron chi connectivity index (χ1n) is 6.04. The molecule has 0 atom stereocenters. The van der Waals surface area contributed by atoms with Gasteiger partial charge in [-0.2, -0.15) is 0 Å². The van der Waals surface area contributed by atoms with Gasteiger partial charge in [0.25, 0.3) is 0 Å². The van der Waals surface area contributed by atoms with Crippen LogP contribution in [-0.4, -0.2) is 29.0 Å². The number of rotatable bonds is 2. The van der Waals surface area contributed by atoms with Gasteiger partial charge in [0.1, 0.15) is 11.6 Å². The summed E-state index contributed by atoms with van der Waals surface area (Å²) in [5, 5.41) is 0. The smallest absolute Gasteiger partial charge is 0.180 e. The van der Waals surface area contributed by atoms with Crippen LogP contribution in [0.25, 0.3) is 22.6 Å². The minimum atomic E-state index is 0.738. The van der Waals surface area contributed by atoms with E-state index in [1.165, 1.54) is 0 Å². The van der Waals surface area contributed by atoms with Gasteiger partial charge in [0.15, 0.2) is 5.65 Å². The Balaban J connectivity index is 2.15. The Hall–Kier alpha value is -1.15. The van der Waals surface area contributed by atoms with Gasteiger partial charge in [0.05, 0.1) is 5.52 Å². The zero-order chi connectivity index (χ0) is 14.3. The molecule has 0 fully saturated rings. The molecule has 20 heavy (non-hydrogen) atoms. The maximum absolute atomic E-state index is 4.61. The van der Waals surface area contributed by atoms with Crippen LogP contribution in [0.3, 0.4) is 0 Å². The number of fused-ring (bicyclic) bond motifs is 1. The van der Waals surface area contributed by atoms with Gasteiger partial charge in [-0.1, -0.05) is 15.9 Å². The summed E-state index contributed by atoms with van der Waals surface area (Å²) >= 11 is 5.81. The van der Waals surface area contributed by atoms with Gasteiger partial charge in [-0.05, 0) is 52.9 Å². The number of nitrogens with zero attached hydrogens (tertiary/aromatic N) is 3. The Bertz CT molecular complexity index is 782. The van der Waals surface area contributed by atoms with E-state index in [0.29, 0.717) is 0 Å². The zero-order valence-corrected chi connectivity index (χ0v) is 14.7. The van der Waals surface area contributed by atoms with E-state index in [4.69, 9.17) is 0 Å². The van der Waals surface area contributed by atoms with Gasteiger partial charge in [-0.25, -0.2) is 9.97 Å². The van der Waals surface area contributed by atoms with Crippen molar-refractivity contribution in [1.82, 2.24) is 15.0 Å². The lowest BCUT2D eigenvalue weighted by atomic mass is 10.2. The summed E-state index contributed by atoms with van der Waals surface area (Å²) in [6, 6.07) is 10.1. The Morgan fingerprint density at radius 2 is 1.95 bits per heavy atom. The topological polar surface area (TPSA) is 44.8 Å². The molecule has 0 saturated carbocycles. The Kier molecular flexibility index (Phi) is 3.68. The van der Waals surface area contributed by atoms with Crippen molar-refractivity contribution < 1.29 is 0 Å². The normalized spacial score (nSPS) is 11.0. The third kappa shape index (κ3) is 2.54. The van der Waals surface area contributed by atoms with Crippen LogP contribution in [-0.2, 0) is 0 Å². The van der Waals surface area contributed by atoms with Crippen LogP contribution in [0.5, 0.6) is 0 Å². The third-order valence-corrected chi connectivity index (χ3v) is 4.41. The molecule has 3 rings (SSSR count). The van der Waals surface area contributed by atoms with Crippen molar-refractivity contribution in [3.05, 3.63) is 38.4 Å². The lowest BCUT2D eigenvalue weighted by Gasteiger charge is -2.09. The predicted octanol–water partition coefficient (Wildman–Crippen LogP) is 4.06. The van der Waals surface area contributed by atoms with Crippen LogP contribution in [0.4, 0.5) is 5.82 Å². The van der Waals surface area contributed by atoms with Crippen LogP contribution in [0.15, 0.2) is 34.8 Å². The summed E-state index contributed by atoms with van der Waals surface area (Å²) in [5.74, 6) is 1.74. The zero-order valence-electron chi connectivity index (χ0n) is 11.0. The van der Waals surface area contributed by atoms with Gasteiger partial charge in [-0.3, -0.25) is 0 Å². The molecule has 0 unspecified atom stereocenters. The molecule has 3 aromatic rings. The summed E-state index contributed by atoms with van der Waals surface area (Å²) in [6.45, 7) is 0. The van der Waals surface area contributed by atoms with Crippen molar-refractivity contribution in [1.29, 1.82) is 0 Å². The monoisotopic (exact) mass is 442 g/mol. The molecule has 1 aromatic carbocycles. The molecular formula is C14H12BrIN4. The molecule has 2 aromatic heterocycles. The number of hydrogen-bond acceptors (Lipinski definition) is 3. The third-order valence-electron chi connectivity index (χ3n) is 2.97. The van der Waals surface area contributed by atoms with Crippen LogP contribution in [0.2, 0.25) is 0 Å². The second-order valence-electron chi connectivity index (χ2n) is 4.64. The number of hydrogen-bond donors (Lipinski definition) is 1. The summed E-state index contributed by atoms with van der Waals surface area (Å²) in [4.78, 5) is 14.4. The number of anilines is 1. The standard InChI is InChI=1S/C14H12BrIN4/c1-20(2)12-6-5-11-14(18-12)19-13(17-11)9-7-8(15)3-4-10(9)16/h3-7H,1-2H3,(H,17,18,19). The molecule has 6 heteroatoms.